The van der Waals surface area contributed by atoms with Crippen molar-refractivity contribution < 1.29 is 14.3 Å². The fourth-order valence-corrected chi connectivity index (χ4v) is 3.27. The van der Waals surface area contributed by atoms with Gasteiger partial charge in [0.2, 0.25) is 0 Å². The number of rotatable bonds is 4. The molecule has 2 amide bonds. The Balaban J connectivity index is 1.84. The molecule has 0 atom stereocenters. The molecule has 0 unspecified atom stereocenters. The summed E-state index contributed by atoms with van der Waals surface area (Å²) in [7, 11) is 3.09. The molecule has 1 aliphatic heterocycles. The van der Waals surface area contributed by atoms with Gasteiger partial charge in [0.05, 0.1) is 12.7 Å². The number of hydrogen-bond donors (Lipinski definition) is 1. The molecule has 1 aromatic carbocycles. The van der Waals surface area contributed by atoms with E-state index in [0.29, 0.717) is 35.9 Å². The average Bonchev–Trinajstić information content (AvgIpc) is 2.71. The summed E-state index contributed by atoms with van der Waals surface area (Å²) in [6.07, 6.45) is 3.46. The van der Waals surface area contributed by atoms with E-state index < -0.39 is 5.91 Å². The van der Waals surface area contributed by atoms with Crippen LogP contribution in [0.1, 0.15) is 40.5 Å². The van der Waals surface area contributed by atoms with Crippen LogP contribution in [0, 0.1) is 5.92 Å². The molecule has 0 aliphatic carbocycles. The van der Waals surface area contributed by atoms with E-state index in [9.17, 15) is 14.4 Å². The first-order valence-corrected chi connectivity index (χ1v) is 9.34. The molecule has 0 bridgehead atoms. The average molecular weight is 383 g/mol. The van der Waals surface area contributed by atoms with Crippen molar-refractivity contribution in [2.75, 3.05) is 25.5 Å². The summed E-state index contributed by atoms with van der Waals surface area (Å²) in [6.45, 7) is 3.59. The van der Waals surface area contributed by atoms with E-state index in [2.05, 4.69) is 12.2 Å². The largest absolute Gasteiger partial charge is 0.497 e. The Labute approximate surface area is 163 Å². The van der Waals surface area contributed by atoms with Gasteiger partial charge < -0.3 is 19.5 Å². The highest BCUT2D eigenvalue weighted by Gasteiger charge is 2.23. The highest BCUT2D eigenvalue weighted by Crippen LogP contribution is 2.19. The van der Waals surface area contributed by atoms with Crippen molar-refractivity contribution in [1.29, 1.82) is 0 Å². The molecule has 148 valence electrons. The molecule has 0 saturated carbocycles. The SMILES string of the molecule is COc1cccc(C(=O)Nc2cc(C(=O)N3CCC(C)CC3)cn(C)c2=O)c1. The number of carbonyl (C=O) groups excluding carboxylic acids is 2. The van der Waals surface area contributed by atoms with Crippen molar-refractivity contribution in [2.24, 2.45) is 13.0 Å². The number of aromatic nitrogens is 1. The van der Waals surface area contributed by atoms with Crippen molar-refractivity contribution in [3.8, 4) is 5.75 Å². The molecule has 7 heteroatoms. The van der Waals surface area contributed by atoms with Gasteiger partial charge >= 0.3 is 0 Å². The second kappa shape index (κ2) is 8.29. The smallest absolute Gasteiger partial charge is 0.274 e. The third-order valence-corrected chi connectivity index (χ3v) is 5.08. The Hall–Kier alpha value is -3.09. The van der Waals surface area contributed by atoms with E-state index in [-0.39, 0.29) is 17.2 Å². The van der Waals surface area contributed by atoms with Crippen LogP contribution in [0.5, 0.6) is 5.75 Å². The quantitative estimate of drug-likeness (QED) is 0.880. The number of hydrogen-bond acceptors (Lipinski definition) is 4. The van der Waals surface area contributed by atoms with Gasteiger partial charge in [0.1, 0.15) is 11.4 Å². The van der Waals surface area contributed by atoms with Crippen LogP contribution in [0.2, 0.25) is 0 Å². The number of nitrogens with one attached hydrogen (secondary N) is 1. The van der Waals surface area contributed by atoms with Crippen LogP contribution in [0.4, 0.5) is 5.69 Å². The topological polar surface area (TPSA) is 80.6 Å². The number of amides is 2. The van der Waals surface area contributed by atoms with Crippen LogP contribution < -0.4 is 15.6 Å². The molecule has 1 aromatic heterocycles. The Morgan fingerprint density at radius 1 is 1.14 bits per heavy atom. The monoisotopic (exact) mass is 383 g/mol. The van der Waals surface area contributed by atoms with E-state index in [4.69, 9.17) is 4.74 Å². The molecule has 0 spiro atoms. The number of methoxy groups -OCH3 is 1. The lowest BCUT2D eigenvalue weighted by Gasteiger charge is -2.30. The number of nitrogens with zero attached hydrogens (tertiary/aromatic N) is 2. The van der Waals surface area contributed by atoms with Gasteiger partial charge in [-0.05, 0) is 43.0 Å². The van der Waals surface area contributed by atoms with E-state index in [1.54, 1.807) is 36.2 Å². The van der Waals surface area contributed by atoms with Crippen LogP contribution in [0.25, 0.3) is 0 Å². The fourth-order valence-electron chi connectivity index (χ4n) is 3.27. The molecule has 0 radical (unpaired) electrons. The minimum atomic E-state index is -0.438. The lowest BCUT2D eigenvalue weighted by molar-refractivity contribution is 0.0696. The molecule has 1 aliphatic rings. The zero-order valence-electron chi connectivity index (χ0n) is 16.4. The van der Waals surface area contributed by atoms with Crippen molar-refractivity contribution in [3.05, 3.63) is 58.0 Å². The molecule has 7 nitrogen and oxygen atoms in total. The maximum Gasteiger partial charge on any atom is 0.274 e. The molecule has 28 heavy (non-hydrogen) atoms. The third kappa shape index (κ3) is 4.24. The number of likely N-dealkylation sites (tertiary alicyclic amines) is 1. The molecule has 2 aromatic rings. The molecule has 1 N–H and O–H groups in total. The highest BCUT2D eigenvalue weighted by molar-refractivity contribution is 6.05. The minimum Gasteiger partial charge on any atom is -0.497 e. The number of anilines is 1. The molecular formula is C21H25N3O4. The number of ether oxygens (including phenoxy) is 1. The number of pyridine rings is 1. The molecule has 3 rings (SSSR count). The molecular weight excluding hydrogens is 358 g/mol. The summed E-state index contributed by atoms with van der Waals surface area (Å²) in [5.74, 6) is 0.595. The Kier molecular flexibility index (Phi) is 5.82. The summed E-state index contributed by atoms with van der Waals surface area (Å²) in [5, 5.41) is 2.63. The normalized spacial score (nSPS) is 14.6. The maximum atomic E-state index is 12.8. The van der Waals surface area contributed by atoms with Crippen LogP contribution >= 0.6 is 0 Å². The lowest BCUT2D eigenvalue weighted by Crippen LogP contribution is -2.38. The third-order valence-electron chi connectivity index (χ3n) is 5.08. The first kappa shape index (κ1) is 19.7. The van der Waals surface area contributed by atoms with Crippen LogP contribution in [-0.2, 0) is 7.05 Å². The van der Waals surface area contributed by atoms with Crippen molar-refractivity contribution in [2.45, 2.75) is 19.8 Å². The first-order valence-electron chi connectivity index (χ1n) is 9.34. The van der Waals surface area contributed by atoms with Crippen molar-refractivity contribution in [3.63, 3.8) is 0 Å². The predicted octanol–water partition coefficient (Wildman–Crippen LogP) is 2.52. The highest BCUT2D eigenvalue weighted by atomic mass is 16.5. The van der Waals surface area contributed by atoms with Crippen molar-refractivity contribution in [1.82, 2.24) is 9.47 Å². The fraction of sp³-hybridized carbons (Fsp3) is 0.381. The van der Waals surface area contributed by atoms with Gasteiger partial charge in [0.15, 0.2) is 0 Å². The second-order valence-electron chi connectivity index (χ2n) is 7.22. The van der Waals surface area contributed by atoms with Gasteiger partial charge in [-0.1, -0.05) is 13.0 Å². The van der Waals surface area contributed by atoms with E-state index in [1.165, 1.54) is 23.9 Å². The number of benzene rings is 1. The lowest BCUT2D eigenvalue weighted by atomic mass is 9.99. The van der Waals surface area contributed by atoms with Gasteiger partial charge in [-0.3, -0.25) is 14.4 Å². The van der Waals surface area contributed by atoms with Gasteiger partial charge in [-0.25, -0.2) is 0 Å². The molecule has 1 fully saturated rings. The Morgan fingerprint density at radius 3 is 2.54 bits per heavy atom. The van der Waals surface area contributed by atoms with Crippen LogP contribution in [-0.4, -0.2) is 41.5 Å². The predicted molar refractivity (Wildman–Crippen MR) is 107 cm³/mol. The van der Waals surface area contributed by atoms with Gasteiger partial charge in [0, 0.05) is 31.9 Å². The zero-order valence-corrected chi connectivity index (χ0v) is 16.4. The van der Waals surface area contributed by atoms with E-state index in [1.807, 2.05) is 0 Å². The summed E-state index contributed by atoms with van der Waals surface area (Å²) in [6, 6.07) is 8.11. The zero-order chi connectivity index (χ0) is 20.3. The number of piperidine rings is 1. The maximum absolute atomic E-state index is 12.8. The van der Waals surface area contributed by atoms with E-state index in [0.717, 1.165) is 12.8 Å². The number of aryl methyl sites for hydroxylation is 1. The van der Waals surface area contributed by atoms with Crippen LogP contribution in [0.3, 0.4) is 0 Å². The van der Waals surface area contributed by atoms with Gasteiger partial charge in [-0.2, -0.15) is 0 Å². The second-order valence-corrected chi connectivity index (χ2v) is 7.22. The van der Waals surface area contributed by atoms with Crippen LogP contribution in [0.15, 0.2) is 41.3 Å². The van der Waals surface area contributed by atoms with Gasteiger partial charge in [0.25, 0.3) is 17.4 Å². The Bertz CT molecular complexity index is 943. The van der Waals surface area contributed by atoms with Crippen molar-refractivity contribution >= 4 is 17.5 Å². The first-order chi connectivity index (χ1) is 13.4. The Morgan fingerprint density at radius 2 is 1.86 bits per heavy atom. The standard InChI is InChI=1S/C21H25N3O4/c1-14-7-9-24(10-8-14)20(26)16-12-18(21(27)23(2)13-16)22-19(25)15-5-4-6-17(11-15)28-3/h4-6,11-14H,7-10H2,1-3H3,(H,22,25). The van der Waals surface area contributed by atoms with E-state index >= 15 is 0 Å². The summed E-state index contributed by atoms with van der Waals surface area (Å²) >= 11 is 0. The summed E-state index contributed by atoms with van der Waals surface area (Å²) in [4.78, 5) is 39.6. The summed E-state index contributed by atoms with van der Waals surface area (Å²) in [5.41, 5.74) is 0.451. The van der Waals surface area contributed by atoms with Gasteiger partial charge in [-0.15, -0.1) is 0 Å². The molecule has 2 heterocycles. The number of carbonyl (C=O) groups is 2. The molecule has 1 saturated heterocycles. The summed E-state index contributed by atoms with van der Waals surface area (Å²) < 4.78 is 6.45. The minimum absolute atomic E-state index is 0.0755.